The number of benzene rings is 1. The van der Waals surface area contributed by atoms with Crippen LogP contribution in [0.1, 0.15) is 24.2 Å². The second-order valence-electron chi connectivity index (χ2n) is 5.68. The molecule has 1 aromatic rings. The first-order valence-corrected chi connectivity index (χ1v) is 8.76. The van der Waals surface area contributed by atoms with Gasteiger partial charge in [0.25, 0.3) is 5.91 Å². The SMILES string of the molecule is CCOC(=O)N1CCN(C(=O)CNC(=O)c2ccccc2OCC)CC1. The summed E-state index contributed by atoms with van der Waals surface area (Å²) in [6.45, 7) is 5.96. The minimum absolute atomic E-state index is 0.0985. The normalized spacial score (nSPS) is 13.9. The van der Waals surface area contributed by atoms with Crippen molar-refractivity contribution < 1.29 is 23.9 Å². The van der Waals surface area contributed by atoms with Crippen LogP contribution >= 0.6 is 0 Å². The molecule has 0 bridgehead atoms. The van der Waals surface area contributed by atoms with Crippen molar-refractivity contribution in [3.05, 3.63) is 29.8 Å². The van der Waals surface area contributed by atoms with E-state index in [0.29, 0.717) is 50.7 Å². The number of nitrogens with one attached hydrogen (secondary N) is 1. The number of hydrogen-bond acceptors (Lipinski definition) is 5. The van der Waals surface area contributed by atoms with Crippen LogP contribution in [0.25, 0.3) is 0 Å². The summed E-state index contributed by atoms with van der Waals surface area (Å²) in [6, 6.07) is 6.90. The highest BCUT2D eigenvalue weighted by molar-refractivity contribution is 5.98. The van der Waals surface area contributed by atoms with E-state index in [4.69, 9.17) is 9.47 Å². The molecule has 0 spiro atoms. The molecule has 1 heterocycles. The molecule has 8 nitrogen and oxygen atoms in total. The van der Waals surface area contributed by atoms with Gasteiger partial charge in [-0.1, -0.05) is 12.1 Å². The van der Waals surface area contributed by atoms with Crippen LogP contribution in [0.2, 0.25) is 0 Å². The van der Waals surface area contributed by atoms with Gasteiger partial charge in [-0.05, 0) is 26.0 Å². The Kier molecular flexibility index (Phi) is 7.25. The molecule has 0 unspecified atom stereocenters. The number of nitrogens with zero attached hydrogens (tertiary/aromatic N) is 2. The molecule has 0 atom stereocenters. The fourth-order valence-corrected chi connectivity index (χ4v) is 2.65. The van der Waals surface area contributed by atoms with E-state index >= 15 is 0 Å². The van der Waals surface area contributed by atoms with Crippen molar-refractivity contribution >= 4 is 17.9 Å². The molecule has 3 amide bonds. The molecule has 1 aliphatic rings. The van der Waals surface area contributed by atoms with E-state index in [2.05, 4.69) is 5.32 Å². The van der Waals surface area contributed by atoms with Crippen LogP contribution in [0.4, 0.5) is 4.79 Å². The minimum Gasteiger partial charge on any atom is -0.493 e. The zero-order valence-corrected chi connectivity index (χ0v) is 15.2. The van der Waals surface area contributed by atoms with Gasteiger partial charge < -0.3 is 24.6 Å². The van der Waals surface area contributed by atoms with Crippen molar-refractivity contribution in [1.82, 2.24) is 15.1 Å². The van der Waals surface area contributed by atoms with Crippen LogP contribution in [-0.4, -0.2) is 73.6 Å². The van der Waals surface area contributed by atoms with Gasteiger partial charge >= 0.3 is 6.09 Å². The highest BCUT2D eigenvalue weighted by Gasteiger charge is 2.25. The predicted molar refractivity (Wildman–Crippen MR) is 95.1 cm³/mol. The van der Waals surface area contributed by atoms with Gasteiger partial charge in [-0.2, -0.15) is 0 Å². The maximum absolute atomic E-state index is 12.3. The van der Waals surface area contributed by atoms with E-state index in [-0.39, 0.29) is 24.5 Å². The largest absolute Gasteiger partial charge is 0.493 e. The minimum atomic E-state index is -0.361. The number of hydrogen-bond donors (Lipinski definition) is 1. The Bertz CT molecular complexity index is 641. The summed E-state index contributed by atoms with van der Waals surface area (Å²) >= 11 is 0. The van der Waals surface area contributed by atoms with E-state index in [0.717, 1.165) is 0 Å². The average molecular weight is 363 g/mol. The zero-order valence-electron chi connectivity index (χ0n) is 15.2. The van der Waals surface area contributed by atoms with Gasteiger partial charge in [0.1, 0.15) is 5.75 Å². The van der Waals surface area contributed by atoms with E-state index < -0.39 is 0 Å². The first-order chi connectivity index (χ1) is 12.6. The Morgan fingerprint density at radius 1 is 1.00 bits per heavy atom. The zero-order chi connectivity index (χ0) is 18.9. The Labute approximate surface area is 153 Å². The van der Waals surface area contributed by atoms with Crippen LogP contribution < -0.4 is 10.1 Å². The average Bonchev–Trinajstić information content (AvgIpc) is 2.67. The van der Waals surface area contributed by atoms with Gasteiger partial charge in [-0.25, -0.2) is 4.79 Å². The Hall–Kier alpha value is -2.77. The lowest BCUT2D eigenvalue weighted by molar-refractivity contribution is -0.131. The smallest absolute Gasteiger partial charge is 0.409 e. The number of piperazine rings is 1. The number of ether oxygens (including phenoxy) is 2. The molecule has 142 valence electrons. The third-order valence-corrected chi connectivity index (χ3v) is 3.99. The molecular weight excluding hydrogens is 338 g/mol. The molecule has 0 saturated carbocycles. The van der Waals surface area contributed by atoms with E-state index in [1.165, 1.54) is 0 Å². The first-order valence-electron chi connectivity index (χ1n) is 8.76. The summed E-state index contributed by atoms with van der Waals surface area (Å²) < 4.78 is 10.4. The van der Waals surface area contributed by atoms with E-state index in [1.807, 2.05) is 6.92 Å². The molecule has 1 N–H and O–H groups in total. The Morgan fingerprint density at radius 3 is 2.31 bits per heavy atom. The topological polar surface area (TPSA) is 88.2 Å². The van der Waals surface area contributed by atoms with Gasteiger partial charge in [0.15, 0.2) is 0 Å². The molecule has 2 rings (SSSR count). The fourth-order valence-electron chi connectivity index (χ4n) is 2.65. The summed E-state index contributed by atoms with van der Waals surface area (Å²) in [5, 5.41) is 2.63. The molecule has 1 aromatic carbocycles. The van der Waals surface area contributed by atoms with Crippen molar-refractivity contribution in [2.75, 3.05) is 45.9 Å². The number of para-hydroxylation sites is 1. The van der Waals surface area contributed by atoms with Gasteiger partial charge in [0, 0.05) is 26.2 Å². The summed E-state index contributed by atoms with van der Waals surface area (Å²) in [6.07, 6.45) is -0.361. The van der Waals surface area contributed by atoms with Crippen molar-refractivity contribution in [1.29, 1.82) is 0 Å². The first kappa shape index (κ1) is 19.6. The molecule has 1 aliphatic heterocycles. The predicted octanol–water partition coefficient (Wildman–Crippen LogP) is 1.12. The lowest BCUT2D eigenvalue weighted by Gasteiger charge is -2.34. The Morgan fingerprint density at radius 2 is 1.65 bits per heavy atom. The second-order valence-corrected chi connectivity index (χ2v) is 5.68. The Balaban J connectivity index is 1.82. The third-order valence-electron chi connectivity index (χ3n) is 3.99. The van der Waals surface area contributed by atoms with Crippen molar-refractivity contribution in [2.45, 2.75) is 13.8 Å². The molecule has 8 heteroatoms. The molecule has 1 fully saturated rings. The van der Waals surface area contributed by atoms with E-state index in [1.54, 1.807) is 41.0 Å². The fraction of sp³-hybridized carbons (Fsp3) is 0.500. The number of rotatable bonds is 6. The van der Waals surface area contributed by atoms with Crippen LogP contribution in [0.5, 0.6) is 5.75 Å². The van der Waals surface area contributed by atoms with Crippen LogP contribution in [0.15, 0.2) is 24.3 Å². The summed E-state index contributed by atoms with van der Waals surface area (Å²) in [5.41, 5.74) is 0.397. The molecular formula is C18H25N3O5. The number of carbonyl (C=O) groups excluding carboxylic acids is 3. The van der Waals surface area contributed by atoms with Gasteiger partial charge in [-0.15, -0.1) is 0 Å². The van der Waals surface area contributed by atoms with Crippen molar-refractivity contribution in [3.63, 3.8) is 0 Å². The summed E-state index contributed by atoms with van der Waals surface area (Å²) in [5.74, 6) is -0.0497. The van der Waals surface area contributed by atoms with E-state index in [9.17, 15) is 14.4 Å². The molecule has 0 radical (unpaired) electrons. The molecule has 0 aliphatic carbocycles. The monoisotopic (exact) mass is 363 g/mol. The lowest BCUT2D eigenvalue weighted by atomic mass is 10.2. The van der Waals surface area contributed by atoms with Crippen molar-refractivity contribution in [2.24, 2.45) is 0 Å². The van der Waals surface area contributed by atoms with Crippen LogP contribution in [-0.2, 0) is 9.53 Å². The highest BCUT2D eigenvalue weighted by Crippen LogP contribution is 2.17. The lowest BCUT2D eigenvalue weighted by Crippen LogP contribution is -2.52. The van der Waals surface area contributed by atoms with Crippen LogP contribution in [0.3, 0.4) is 0 Å². The van der Waals surface area contributed by atoms with Gasteiger partial charge in [-0.3, -0.25) is 9.59 Å². The highest BCUT2D eigenvalue weighted by atomic mass is 16.6. The number of carbonyl (C=O) groups is 3. The van der Waals surface area contributed by atoms with Crippen LogP contribution in [0, 0.1) is 0 Å². The number of amides is 3. The molecule has 0 aromatic heterocycles. The van der Waals surface area contributed by atoms with Gasteiger partial charge in [0.2, 0.25) is 5.91 Å². The van der Waals surface area contributed by atoms with Crippen molar-refractivity contribution in [3.8, 4) is 5.75 Å². The molecule has 26 heavy (non-hydrogen) atoms. The standard InChI is InChI=1S/C18H25N3O5/c1-3-25-15-8-6-5-7-14(15)17(23)19-13-16(22)20-9-11-21(12-10-20)18(24)26-4-2/h5-8H,3-4,9-13H2,1-2H3,(H,19,23). The van der Waals surface area contributed by atoms with Gasteiger partial charge in [0.05, 0.1) is 25.3 Å². The quantitative estimate of drug-likeness (QED) is 0.818. The third kappa shape index (κ3) is 5.11. The second kappa shape index (κ2) is 9.65. The maximum atomic E-state index is 12.3. The summed E-state index contributed by atoms with van der Waals surface area (Å²) in [7, 11) is 0. The maximum Gasteiger partial charge on any atom is 0.409 e. The molecule has 1 saturated heterocycles. The summed E-state index contributed by atoms with van der Waals surface area (Å²) in [4.78, 5) is 39.5.